The fourth-order valence-electron chi connectivity index (χ4n) is 1.42. The van der Waals surface area contributed by atoms with Crippen LogP contribution in [0.25, 0.3) is 0 Å². The highest BCUT2D eigenvalue weighted by Crippen LogP contribution is 2.02. The van der Waals surface area contributed by atoms with E-state index in [2.05, 4.69) is 10.6 Å². The lowest BCUT2D eigenvalue weighted by Crippen LogP contribution is -2.41. The second-order valence-corrected chi connectivity index (χ2v) is 5.24. The number of nitrogens with zero attached hydrogens (tertiary/aromatic N) is 1. The van der Waals surface area contributed by atoms with Crippen LogP contribution in [-0.4, -0.2) is 11.4 Å². The van der Waals surface area contributed by atoms with Gasteiger partial charge in [-0.15, -0.1) is 0 Å². The van der Waals surface area contributed by atoms with Crippen molar-refractivity contribution in [3.05, 3.63) is 47.7 Å². The number of carbonyl (C=O) groups excluding carboxylic acids is 1. The van der Waals surface area contributed by atoms with Crippen molar-refractivity contribution in [2.75, 3.05) is 0 Å². The maximum atomic E-state index is 11.8. The monoisotopic (exact) mass is 257 g/mol. The van der Waals surface area contributed by atoms with Gasteiger partial charge < -0.3 is 10.6 Å². The van der Waals surface area contributed by atoms with Gasteiger partial charge in [0.15, 0.2) is 0 Å². The average molecular weight is 257 g/mol. The lowest BCUT2D eigenvalue weighted by atomic mass is 10.1. The second-order valence-electron chi connectivity index (χ2n) is 5.24. The van der Waals surface area contributed by atoms with Crippen molar-refractivity contribution in [3.63, 3.8) is 0 Å². The summed E-state index contributed by atoms with van der Waals surface area (Å²) in [6, 6.07) is 11.7. The number of hydrogen-bond donors (Lipinski definition) is 2. The van der Waals surface area contributed by atoms with Crippen molar-refractivity contribution in [2.45, 2.75) is 32.9 Å². The van der Waals surface area contributed by atoms with E-state index < -0.39 is 0 Å². The first-order valence-electron chi connectivity index (χ1n) is 6.12. The zero-order valence-corrected chi connectivity index (χ0v) is 11.5. The molecule has 19 heavy (non-hydrogen) atoms. The molecule has 0 radical (unpaired) electrons. The molecule has 0 heterocycles. The van der Waals surface area contributed by atoms with Crippen LogP contribution < -0.4 is 10.6 Å². The lowest BCUT2D eigenvalue weighted by Gasteiger charge is -2.20. The Hall–Kier alpha value is -2.28. The van der Waals surface area contributed by atoms with Gasteiger partial charge in [0.25, 0.3) is 5.91 Å². The minimum absolute atomic E-state index is 0.0749. The number of rotatable bonds is 4. The van der Waals surface area contributed by atoms with Gasteiger partial charge in [-0.3, -0.25) is 4.79 Å². The molecule has 2 N–H and O–H groups in total. The number of benzene rings is 1. The Morgan fingerprint density at radius 1 is 1.32 bits per heavy atom. The van der Waals surface area contributed by atoms with E-state index >= 15 is 0 Å². The molecule has 0 spiro atoms. The standard InChI is InChI=1S/C15H19N3O/c1-15(2,3)18-14(19)13(9-16)11-17-10-12-7-5-4-6-8-12/h4-8,11,17H,10H2,1-3H3,(H,18,19)/b13-11-. The van der Waals surface area contributed by atoms with Crippen molar-refractivity contribution >= 4 is 5.91 Å². The maximum Gasteiger partial charge on any atom is 0.263 e. The summed E-state index contributed by atoms with van der Waals surface area (Å²) in [5.74, 6) is -0.365. The largest absolute Gasteiger partial charge is 0.386 e. The van der Waals surface area contributed by atoms with Crippen LogP contribution in [0.1, 0.15) is 26.3 Å². The Bertz CT molecular complexity index is 492. The van der Waals surface area contributed by atoms with E-state index in [1.165, 1.54) is 6.20 Å². The highest BCUT2D eigenvalue weighted by atomic mass is 16.1. The molecule has 0 aliphatic heterocycles. The van der Waals surface area contributed by atoms with E-state index in [1.54, 1.807) is 0 Å². The van der Waals surface area contributed by atoms with Gasteiger partial charge in [0, 0.05) is 18.3 Å². The first kappa shape index (κ1) is 14.8. The zero-order chi connectivity index (χ0) is 14.3. The number of nitrogens with one attached hydrogen (secondary N) is 2. The maximum absolute atomic E-state index is 11.8. The van der Waals surface area contributed by atoms with E-state index in [-0.39, 0.29) is 17.0 Å². The number of carbonyl (C=O) groups is 1. The Kier molecular flexibility index (Phi) is 5.13. The minimum atomic E-state index is -0.365. The third kappa shape index (κ3) is 5.73. The Labute approximate surface area is 114 Å². The molecule has 4 nitrogen and oxygen atoms in total. The molecular weight excluding hydrogens is 238 g/mol. The fraction of sp³-hybridized carbons (Fsp3) is 0.333. The molecular formula is C15H19N3O. The van der Waals surface area contributed by atoms with Gasteiger partial charge in [-0.2, -0.15) is 5.26 Å². The van der Waals surface area contributed by atoms with Gasteiger partial charge in [0.2, 0.25) is 0 Å². The van der Waals surface area contributed by atoms with Gasteiger partial charge in [-0.05, 0) is 26.3 Å². The molecule has 1 aromatic carbocycles. The minimum Gasteiger partial charge on any atom is -0.386 e. The number of amides is 1. The van der Waals surface area contributed by atoms with Crippen LogP contribution >= 0.6 is 0 Å². The highest BCUT2D eigenvalue weighted by Gasteiger charge is 2.16. The molecule has 0 aromatic heterocycles. The summed E-state index contributed by atoms with van der Waals surface area (Å²) in [6.07, 6.45) is 1.45. The van der Waals surface area contributed by atoms with Crippen molar-refractivity contribution in [1.29, 1.82) is 5.26 Å². The number of hydrogen-bond acceptors (Lipinski definition) is 3. The molecule has 0 saturated heterocycles. The van der Waals surface area contributed by atoms with Crippen LogP contribution in [0, 0.1) is 11.3 Å². The second kappa shape index (κ2) is 6.60. The molecule has 0 atom stereocenters. The molecule has 4 heteroatoms. The fourth-order valence-corrected chi connectivity index (χ4v) is 1.42. The molecule has 0 saturated carbocycles. The summed E-state index contributed by atoms with van der Waals surface area (Å²) in [7, 11) is 0. The Morgan fingerprint density at radius 2 is 1.95 bits per heavy atom. The summed E-state index contributed by atoms with van der Waals surface area (Å²) < 4.78 is 0. The van der Waals surface area contributed by atoms with Crippen molar-refractivity contribution in [1.82, 2.24) is 10.6 Å². The SMILES string of the molecule is CC(C)(C)NC(=O)/C(C#N)=C\NCc1ccccc1. The van der Waals surface area contributed by atoms with E-state index in [0.29, 0.717) is 6.54 Å². The molecule has 0 bridgehead atoms. The molecule has 1 rings (SSSR count). The lowest BCUT2D eigenvalue weighted by molar-refractivity contribution is -0.118. The predicted octanol–water partition coefficient (Wildman–Crippen LogP) is 2.10. The summed E-state index contributed by atoms with van der Waals surface area (Å²) in [5.41, 5.74) is 0.810. The molecule has 1 aromatic rings. The van der Waals surface area contributed by atoms with Gasteiger partial charge in [0.1, 0.15) is 11.6 Å². The highest BCUT2D eigenvalue weighted by molar-refractivity contribution is 5.97. The van der Waals surface area contributed by atoms with Crippen LogP contribution in [0.5, 0.6) is 0 Å². The average Bonchev–Trinajstić information content (AvgIpc) is 2.33. The molecule has 1 amide bonds. The Balaban J connectivity index is 2.58. The summed E-state index contributed by atoms with van der Waals surface area (Å²) in [4.78, 5) is 11.8. The van der Waals surface area contributed by atoms with Crippen LogP contribution in [0.2, 0.25) is 0 Å². The quantitative estimate of drug-likeness (QED) is 0.641. The van der Waals surface area contributed by atoms with E-state index in [1.807, 2.05) is 57.2 Å². The van der Waals surface area contributed by atoms with E-state index in [0.717, 1.165) is 5.56 Å². The van der Waals surface area contributed by atoms with Gasteiger partial charge in [0.05, 0.1) is 0 Å². The van der Waals surface area contributed by atoms with Gasteiger partial charge in [-0.1, -0.05) is 30.3 Å². The molecule has 0 aliphatic carbocycles. The van der Waals surface area contributed by atoms with Crippen molar-refractivity contribution < 1.29 is 4.79 Å². The van der Waals surface area contributed by atoms with Crippen molar-refractivity contribution in [3.8, 4) is 6.07 Å². The van der Waals surface area contributed by atoms with E-state index in [9.17, 15) is 4.79 Å². The van der Waals surface area contributed by atoms with Crippen LogP contribution in [0.15, 0.2) is 42.1 Å². The van der Waals surface area contributed by atoms with Crippen LogP contribution in [-0.2, 0) is 11.3 Å². The third-order valence-electron chi connectivity index (χ3n) is 2.25. The van der Waals surface area contributed by atoms with Crippen LogP contribution in [0.3, 0.4) is 0 Å². The first-order valence-corrected chi connectivity index (χ1v) is 6.12. The van der Waals surface area contributed by atoms with Gasteiger partial charge >= 0.3 is 0 Å². The summed E-state index contributed by atoms with van der Waals surface area (Å²) in [5, 5.41) is 14.7. The summed E-state index contributed by atoms with van der Waals surface area (Å²) >= 11 is 0. The third-order valence-corrected chi connectivity index (χ3v) is 2.25. The summed E-state index contributed by atoms with van der Waals surface area (Å²) in [6.45, 7) is 6.20. The molecule has 0 aliphatic rings. The molecule has 0 fully saturated rings. The smallest absolute Gasteiger partial charge is 0.263 e. The topological polar surface area (TPSA) is 64.9 Å². The van der Waals surface area contributed by atoms with E-state index in [4.69, 9.17) is 5.26 Å². The first-order chi connectivity index (χ1) is 8.92. The van der Waals surface area contributed by atoms with Gasteiger partial charge in [-0.25, -0.2) is 0 Å². The van der Waals surface area contributed by atoms with Crippen molar-refractivity contribution in [2.24, 2.45) is 0 Å². The van der Waals surface area contributed by atoms with Crippen LogP contribution in [0.4, 0.5) is 0 Å². The zero-order valence-electron chi connectivity index (χ0n) is 11.5. The normalized spacial score (nSPS) is 11.6. The Morgan fingerprint density at radius 3 is 2.47 bits per heavy atom. The number of nitriles is 1. The molecule has 100 valence electrons. The predicted molar refractivity (Wildman–Crippen MR) is 74.9 cm³/mol. The molecule has 0 unspecified atom stereocenters.